The average molecular weight is 301 g/mol. The molecule has 0 saturated carbocycles. The van der Waals surface area contributed by atoms with Gasteiger partial charge in [-0.15, -0.1) is 11.3 Å². The number of nitrogen functional groups attached to an aromatic ring is 1. The predicted molar refractivity (Wildman–Crippen MR) is 70.2 cm³/mol. The maximum Gasteiger partial charge on any atom is 0.146 e. The molecule has 16 heavy (non-hydrogen) atoms. The molecule has 2 aromatic rings. The third kappa shape index (κ3) is 2.54. The van der Waals surface area contributed by atoms with Crippen molar-refractivity contribution in [2.75, 3.05) is 11.1 Å². The van der Waals surface area contributed by atoms with Gasteiger partial charge in [-0.05, 0) is 29.6 Å². The molecule has 0 spiro atoms. The maximum absolute atomic E-state index is 13.4. The number of hydrogen-bond donors (Lipinski definition) is 2. The molecular weight excluding hydrogens is 291 g/mol. The number of rotatable bonds is 3. The molecule has 0 aliphatic carbocycles. The average Bonchev–Trinajstić information content (AvgIpc) is 2.66. The van der Waals surface area contributed by atoms with E-state index in [1.54, 1.807) is 23.5 Å². The van der Waals surface area contributed by atoms with E-state index >= 15 is 0 Å². The maximum atomic E-state index is 13.4. The first kappa shape index (κ1) is 11.4. The fraction of sp³-hybridized carbons (Fsp3) is 0.0909. The van der Waals surface area contributed by atoms with Crippen molar-refractivity contribution in [2.45, 2.75) is 6.54 Å². The summed E-state index contributed by atoms with van der Waals surface area (Å²) in [5.74, 6) is -0.265. The lowest BCUT2D eigenvalue weighted by Crippen LogP contribution is -2.01. The smallest absolute Gasteiger partial charge is 0.146 e. The molecule has 84 valence electrons. The van der Waals surface area contributed by atoms with Crippen molar-refractivity contribution in [3.05, 3.63) is 44.8 Å². The van der Waals surface area contributed by atoms with Gasteiger partial charge >= 0.3 is 0 Å². The van der Waals surface area contributed by atoms with Crippen LogP contribution in [0.5, 0.6) is 0 Å². The highest BCUT2D eigenvalue weighted by Gasteiger charge is 2.04. The van der Waals surface area contributed by atoms with Crippen LogP contribution in [0.3, 0.4) is 0 Å². The molecule has 0 amide bonds. The summed E-state index contributed by atoms with van der Waals surface area (Å²) in [7, 11) is 0. The second kappa shape index (κ2) is 4.84. The molecule has 0 unspecified atom stereocenters. The fourth-order valence-corrected chi connectivity index (χ4v) is 2.40. The van der Waals surface area contributed by atoms with Gasteiger partial charge in [0.1, 0.15) is 5.82 Å². The van der Waals surface area contributed by atoms with Crippen molar-refractivity contribution in [1.82, 2.24) is 0 Å². The number of hydrogen-bond acceptors (Lipinski definition) is 3. The van der Waals surface area contributed by atoms with E-state index in [0.717, 1.165) is 15.0 Å². The number of nitrogens with one attached hydrogen (secondary N) is 1. The second-order valence-corrected chi connectivity index (χ2v) is 5.19. The quantitative estimate of drug-likeness (QED) is 0.904. The summed E-state index contributed by atoms with van der Waals surface area (Å²) in [5.41, 5.74) is 6.96. The molecular formula is C11H10BrFN2S. The van der Waals surface area contributed by atoms with Crippen molar-refractivity contribution in [1.29, 1.82) is 0 Å². The predicted octanol–water partition coefficient (Wildman–Crippen LogP) is 3.84. The molecule has 0 saturated heterocycles. The number of halogens is 2. The first-order valence-electron chi connectivity index (χ1n) is 4.67. The molecule has 0 aliphatic rings. The third-order valence-electron chi connectivity index (χ3n) is 2.15. The first-order chi connectivity index (χ1) is 7.66. The Hall–Kier alpha value is -1.07. The fourth-order valence-electron chi connectivity index (χ4n) is 1.30. The van der Waals surface area contributed by atoms with Gasteiger partial charge in [0, 0.05) is 15.0 Å². The Bertz CT molecular complexity index is 498. The number of anilines is 2. The van der Waals surface area contributed by atoms with Crippen molar-refractivity contribution in [3.63, 3.8) is 0 Å². The second-order valence-electron chi connectivity index (χ2n) is 3.28. The standard InChI is InChI=1S/C11H10BrFN2S/c12-7-1-2-8(13)10(5-7)15-6-11-9(14)3-4-16-11/h1-5,15H,6,14H2. The van der Waals surface area contributed by atoms with Crippen LogP contribution in [0.15, 0.2) is 34.1 Å². The summed E-state index contributed by atoms with van der Waals surface area (Å²) < 4.78 is 14.2. The van der Waals surface area contributed by atoms with E-state index in [2.05, 4.69) is 21.2 Å². The number of benzene rings is 1. The molecule has 0 bridgehead atoms. The lowest BCUT2D eigenvalue weighted by atomic mass is 10.3. The van der Waals surface area contributed by atoms with E-state index in [-0.39, 0.29) is 5.82 Å². The van der Waals surface area contributed by atoms with Crippen LogP contribution < -0.4 is 11.1 Å². The van der Waals surface area contributed by atoms with Gasteiger partial charge in [-0.2, -0.15) is 0 Å². The van der Waals surface area contributed by atoms with Crippen molar-refractivity contribution in [3.8, 4) is 0 Å². The molecule has 5 heteroatoms. The van der Waals surface area contributed by atoms with E-state index in [0.29, 0.717) is 12.2 Å². The van der Waals surface area contributed by atoms with Crippen molar-refractivity contribution in [2.24, 2.45) is 0 Å². The lowest BCUT2D eigenvalue weighted by molar-refractivity contribution is 0.630. The normalized spacial score (nSPS) is 10.4. The molecule has 2 rings (SSSR count). The summed E-state index contributed by atoms with van der Waals surface area (Å²) in [6.07, 6.45) is 0. The Morgan fingerprint density at radius 3 is 2.88 bits per heavy atom. The van der Waals surface area contributed by atoms with Crippen LogP contribution in [0.4, 0.5) is 15.8 Å². The molecule has 1 aromatic carbocycles. The van der Waals surface area contributed by atoms with Crippen molar-refractivity contribution < 1.29 is 4.39 Å². The molecule has 0 aliphatic heterocycles. The topological polar surface area (TPSA) is 38.0 Å². The van der Waals surface area contributed by atoms with Gasteiger partial charge in [-0.25, -0.2) is 4.39 Å². The van der Waals surface area contributed by atoms with Gasteiger partial charge in [-0.1, -0.05) is 15.9 Å². The summed E-state index contributed by atoms with van der Waals surface area (Å²) in [6, 6.07) is 6.64. The van der Waals surface area contributed by atoms with Crippen molar-refractivity contribution >= 4 is 38.6 Å². The molecule has 3 N–H and O–H groups in total. The zero-order valence-corrected chi connectivity index (χ0v) is 10.7. The van der Waals surface area contributed by atoms with Crippen LogP contribution in [-0.2, 0) is 6.54 Å². The minimum Gasteiger partial charge on any atom is -0.398 e. The van der Waals surface area contributed by atoms with Crippen LogP contribution in [0, 0.1) is 5.82 Å². The molecule has 0 atom stereocenters. The largest absolute Gasteiger partial charge is 0.398 e. The molecule has 0 fully saturated rings. The van der Waals surface area contributed by atoms with Gasteiger partial charge in [0.05, 0.1) is 12.2 Å². The zero-order chi connectivity index (χ0) is 11.5. The zero-order valence-electron chi connectivity index (χ0n) is 8.34. The van der Waals surface area contributed by atoms with E-state index < -0.39 is 0 Å². The van der Waals surface area contributed by atoms with E-state index in [9.17, 15) is 4.39 Å². The summed E-state index contributed by atoms with van der Waals surface area (Å²) >= 11 is 4.86. The number of nitrogens with two attached hydrogens (primary N) is 1. The van der Waals surface area contributed by atoms with Gasteiger partial charge in [0.15, 0.2) is 0 Å². The number of thiophene rings is 1. The van der Waals surface area contributed by atoms with Gasteiger partial charge < -0.3 is 11.1 Å². The van der Waals surface area contributed by atoms with Crippen LogP contribution in [0.2, 0.25) is 0 Å². The Morgan fingerprint density at radius 1 is 1.38 bits per heavy atom. The Labute approximate surface area is 105 Å². The highest BCUT2D eigenvalue weighted by Crippen LogP contribution is 2.23. The summed E-state index contributed by atoms with van der Waals surface area (Å²) in [4.78, 5) is 1.01. The van der Waals surface area contributed by atoms with Crippen LogP contribution in [-0.4, -0.2) is 0 Å². The van der Waals surface area contributed by atoms with E-state index in [1.807, 2.05) is 11.4 Å². The van der Waals surface area contributed by atoms with Gasteiger partial charge in [-0.3, -0.25) is 0 Å². The monoisotopic (exact) mass is 300 g/mol. The highest BCUT2D eigenvalue weighted by atomic mass is 79.9. The van der Waals surface area contributed by atoms with Crippen LogP contribution >= 0.6 is 27.3 Å². The summed E-state index contributed by atoms with van der Waals surface area (Å²) in [5, 5.41) is 4.94. The first-order valence-corrected chi connectivity index (χ1v) is 6.35. The minimum atomic E-state index is -0.265. The van der Waals surface area contributed by atoms with Gasteiger partial charge in [0.25, 0.3) is 0 Å². The Kier molecular flexibility index (Phi) is 3.46. The lowest BCUT2D eigenvalue weighted by Gasteiger charge is -2.07. The molecule has 0 radical (unpaired) electrons. The SMILES string of the molecule is Nc1ccsc1CNc1cc(Br)ccc1F. The molecule has 1 heterocycles. The summed E-state index contributed by atoms with van der Waals surface area (Å²) in [6.45, 7) is 0.539. The van der Waals surface area contributed by atoms with E-state index in [1.165, 1.54) is 6.07 Å². The van der Waals surface area contributed by atoms with Crippen LogP contribution in [0.25, 0.3) is 0 Å². The van der Waals surface area contributed by atoms with E-state index in [4.69, 9.17) is 5.73 Å². The minimum absolute atomic E-state index is 0.265. The Balaban J connectivity index is 2.10. The molecule has 2 nitrogen and oxygen atoms in total. The third-order valence-corrected chi connectivity index (χ3v) is 3.58. The van der Waals surface area contributed by atoms with Gasteiger partial charge in [0.2, 0.25) is 0 Å². The Morgan fingerprint density at radius 2 is 2.19 bits per heavy atom. The highest BCUT2D eigenvalue weighted by molar-refractivity contribution is 9.10. The van der Waals surface area contributed by atoms with Crippen LogP contribution in [0.1, 0.15) is 4.88 Å². The molecule has 1 aromatic heterocycles.